The molecule has 21 heavy (non-hydrogen) atoms. The van der Waals surface area contributed by atoms with Crippen LogP contribution >= 0.6 is 0 Å². The van der Waals surface area contributed by atoms with E-state index in [-0.39, 0.29) is 0 Å². The zero-order valence-corrected chi connectivity index (χ0v) is 12.2. The van der Waals surface area contributed by atoms with Gasteiger partial charge >= 0.3 is 0 Å². The summed E-state index contributed by atoms with van der Waals surface area (Å²) in [6, 6.07) is 12.8. The molecule has 0 fully saturated rings. The second-order valence-electron chi connectivity index (χ2n) is 4.26. The van der Waals surface area contributed by atoms with E-state index < -0.39 is 0 Å². The molecule has 0 aliphatic rings. The number of azo groups is 1. The molecule has 0 aromatic heterocycles. The van der Waals surface area contributed by atoms with E-state index in [1.54, 1.807) is 18.2 Å². The fraction of sp³-hybridized carbons (Fsp3) is 0.250. The Kier molecular flexibility index (Phi) is 5.15. The lowest BCUT2D eigenvalue weighted by atomic mass is 10.2. The zero-order valence-electron chi connectivity index (χ0n) is 12.2. The first kappa shape index (κ1) is 14.8. The monoisotopic (exact) mass is 285 g/mol. The van der Waals surface area contributed by atoms with Crippen LogP contribution in [0.1, 0.15) is 13.8 Å². The van der Waals surface area contributed by atoms with Gasteiger partial charge in [-0.3, -0.25) is 0 Å². The predicted octanol–water partition coefficient (Wildman–Crippen LogP) is 4.48. The largest absolute Gasteiger partial charge is 0.492 e. The van der Waals surface area contributed by atoms with Crippen molar-refractivity contribution in [3.05, 3.63) is 42.5 Å². The first-order chi connectivity index (χ1) is 10.2. The number of benzene rings is 2. The number of para-hydroxylation sites is 1. The molecule has 0 amide bonds. The Balaban J connectivity index is 2.29. The van der Waals surface area contributed by atoms with Gasteiger partial charge in [0.15, 0.2) is 0 Å². The summed E-state index contributed by atoms with van der Waals surface area (Å²) in [5.41, 5.74) is 7.70. The van der Waals surface area contributed by atoms with E-state index in [2.05, 4.69) is 10.2 Å². The third kappa shape index (κ3) is 3.95. The Bertz CT molecular complexity index is 627. The van der Waals surface area contributed by atoms with Crippen molar-refractivity contribution in [2.45, 2.75) is 13.8 Å². The Labute approximate surface area is 124 Å². The van der Waals surface area contributed by atoms with E-state index in [4.69, 9.17) is 15.2 Å². The van der Waals surface area contributed by atoms with Gasteiger partial charge in [0.05, 0.1) is 13.2 Å². The number of rotatable bonds is 6. The molecule has 0 aliphatic carbocycles. The van der Waals surface area contributed by atoms with Crippen LogP contribution < -0.4 is 15.2 Å². The molecule has 0 aliphatic heterocycles. The molecule has 2 N–H and O–H groups in total. The quantitative estimate of drug-likeness (QED) is 0.628. The van der Waals surface area contributed by atoms with Gasteiger partial charge in [-0.15, -0.1) is 10.2 Å². The smallest absolute Gasteiger partial charge is 0.148 e. The summed E-state index contributed by atoms with van der Waals surface area (Å²) in [5, 5.41) is 8.49. The van der Waals surface area contributed by atoms with Crippen LogP contribution in [0, 0.1) is 0 Å². The van der Waals surface area contributed by atoms with Gasteiger partial charge < -0.3 is 15.2 Å². The lowest BCUT2D eigenvalue weighted by Gasteiger charge is -2.07. The average molecular weight is 285 g/mol. The van der Waals surface area contributed by atoms with Crippen molar-refractivity contribution in [2.75, 3.05) is 18.9 Å². The topological polar surface area (TPSA) is 69.2 Å². The second kappa shape index (κ2) is 7.28. The highest BCUT2D eigenvalue weighted by Crippen LogP contribution is 2.33. The molecule has 0 saturated carbocycles. The first-order valence-corrected chi connectivity index (χ1v) is 6.90. The van der Waals surface area contributed by atoms with Crippen molar-refractivity contribution in [1.29, 1.82) is 0 Å². The fourth-order valence-corrected chi connectivity index (χ4v) is 1.81. The maximum atomic E-state index is 5.76. The van der Waals surface area contributed by atoms with Gasteiger partial charge in [-0.2, -0.15) is 0 Å². The molecule has 110 valence electrons. The van der Waals surface area contributed by atoms with Gasteiger partial charge in [0.2, 0.25) is 0 Å². The Hall–Kier alpha value is -2.56. The van der Waals surface area contributed by atoms with E-state index >= 15 is 0 Å². The fourth-order valence-electron chi connectivity index (χ4n) is 1.81. The summed E-state index contributed by atoms with van der Waals surface area (Å²) >= 11 is 0. The van der Waals surface area contributed by atoms with E-state index in [1.807, 2.05) is 38.1 Å². The van der Waals surface area contributed by atoms with E-state index in [9.17, 15) is 0 Å². The third-order valence-electron chi connectivity index (χ3n) is 2.71. The molecule has 2 rings (SSSR count). The summed E-state index contributed by atoms with van der Waals surface area (Å²) in [5.74, 6) is 1.33. The Morgan fingerprint density at radius 2 is 1.48 bits per heavy atom. The standard InChI is InChI=1S/C16H19N3O2/c1-3-20-15-8-6-5-7-13(15)18-19-14-10-9-12(17)11-16(14)21-4-2/h5-11H,3-4,17H2,1-2H3/b19-18+. The number of nitrogens with two attached hydrogens (primary N) is 1. The van der Waals surface area contributed by atoms with Crippen LogP contribution in [0.4, 0.5) is 17.1 Å². The van der Waals surface area contributed by atoms with Gasteiger partial charge in [0.25, 0.3) is 0 Å². The molecular weight excluding hydrogens is 266 g/mol. The van der Waals surface area contributed by atoms with Crippen LogP contribution in [0.5, 0.6) is 11.5 Å². The van der Waals surface area contributed by atoms with Crippen LogP contribution in [-0.4, -0.2) is 13.2 Å². The van der Waals surface area contributed by atoms with Crippen molar-refractivity contribution in [2.24, 2.45) is 10.2 Å². The highest BCUT2D eigenvalue weighted by Gasteiger charge is 2.05. The molecule has 0 unspecified atom stereocenters. The molecule has 0 saturated heterocycles. The highest BCUT2D eigenvalue weighted by molar-refractivity contribution is 5.59. The normalized spacial score (nSPS) is 10.8. The second-order valence-corrected chi connectivity index (χ2v) is 4.26. The van der Waals surface area contributed by atoms with Gasteiger partial charge in [0.1, 0.15) is 22.9 Å². The maximum Gasteiger partial charge on any atom is 0.148 e. The van der Waals surface area contributed by atoms with E-state index in [0.29, 0.717) is 41.8 Å². The Morgan fingerprint density at radius 1 is 0.857 bits per heavy atom. The number of hydrogen-bond acceptors (Lipinski definition) is 5. The molecule has 0 heterocycles. The van der Waals surface area contributed by atoms with Crippen LogP contribution in [0.3, 0.4) is 0 Å². The predicted molar refractivity (Wildman–Crippen MR) is 83.8 cm³/mol. The molecule has 0 bridgehead atoms. The van der Waals surface area contributed by atoms with E-state index in [1.165, 1.54) is 0 Å². The van der Waals surface area contributed by atoms with Crippen LogP contribution in [0.15, 0.2) is 52.7 Å². The van der Waals surface area contributed by atoms with Gasteiger partial charge in [-0.1, -0.05) is 12.1 Å². The lowest BCUT2D eigenvalue weighted by molar-refractivity contribution is 0.340. The summed E-state index contributed by atoms with van der Waals surface area (Å²) in [6.07, 6.45) is 0. The van der Waals surface area contributed by atoms with Crippen molar-refractivity contribution in [1.82, 2.24) is 0 Å². The van der Waals surface area contributed by atoms with Crippen molar-refractivity contribution < 1.29 is 9.47 Å². The van der Waals surface area contributed by atoms with Crippen LogP contribution in [0.25, 0.3) is 0 Å². The molecule has 2 aromatic carbocycles. The number of nitrogen functional groups attached to an aromatic ring is 1. The minimum absolute atomic E-state index is 0.543. The van der Waals surface area contributed by atoms with Crippen molar-refractivity contribution >= 4 is 17.1 Å². The van der Waals surface area contributed by atoms with E-state index in [0.717, 1.165) is 0 Å². The first-order valence-electron chi connectivity index (χ1n) is 6.90. The van der Waals surface area contributed by atoms with Gasteiger partial charge in [-0.05, 0) is 38.1 Å². The van der Waals surface area contributed by atoms with Crippen molar-refractivity contribution in [3.8, 4) is 11.5 Å². The summed E-state index contributed by atoms with van der Waals surface area (Å²) in [6.45, 7) is 4.97. The van der Waals surface area contributed by atoms with Crippen LogP contribution in [0.2, 0.25) is 0 Å². The van der Waals surface area contributed by atoms with Crippen LogP contribution in [-0.2, 0) is 0 Å². The molecule has 5 nitrogen and oxygen atoms in total. The SMILES string of the molecule is CCOc1ccccc1/N=N/c1ccc(N)cc1OCC. The summed E-state index contributed by atoms with van der Waals surface area (Å²) in [4.78, 5) is 0. The summed E-state index contributed by atoms with van der Waals surface area (Å²) < 4.78 is 11.0. The van der Waals surface area contributed by atoms with Gasteiger partial charge in [0, 0.05) is 11.8 Å². The molecule has 5 heteroatoms. The third-order valence-corrected chi connectivity index (χ3v) is 2.71. The van der Waals surface area contributed by atoms with Crippen molar-refractivity contribution in [3.63, 3.8) is 0 Å². The number of nitrogens with zero attached hydrogens (tertiary/aromatic N) is 2. The molecular formula is C16H19N3O2. The molecule has 0 radical (unpaired) electrons. The maximum absolute atomic E-state index is 5.76. The average Bonchev–Trinajstić information content (AvgIpc) is 2.48. The summed E-state index contributed by atoms with van der Waals surface area (Å²) in [7, 11) is 0. The molecule has 2 aromatic rings. The van der Waals surface area contributed by atoms with Gasteiger partial charge in [-0.25, -0.2) is 0 Å². The minimum atomic E-state index is 0.543. The number of hydrogen-bond donors (Lipinski definition) is 1. The molecule has 0 spiro atoms. The highest BCUT2D eigenvalue weighted by atomic mass is 16.5. The minimum Gasteiger partial charge on any atom is -0.492 e. The Morgan fingerprint density at radius 3 is 2.19 bits per heavy atom. The lowest BCUT2D eigenvalue weighted by Crippen LogP contribution is -1.93. The number of anilines is 1. The number of ether oxygens (including phenoxy) is 2. The zero-order chi connectivity index (χ0) is 15.1. The molecule has 0 atom stereocenters.